The monoisotopic (exact) mass is 308 g/mol. The molecule has 0 bridgehead atoms. The highest BCUT2D eigenvalue weighted by atomic mass is 16.5. The van der Waals surface area contributed by atoms with Crippen LogP contribution in [0, 0.1) is 0 Å². The Bertz CT molecular complexity index is 503. The second-order valence-corrected chi connectivity index (χ2v) is 5.17. The standard InChI is InChI=1S/C16H24N2O4/c1-18(2)14(11-21-3)15(19)17-9-8-12-6-5-7-13(10-12)16(20)22-4/h5-7,10,14H,8-9,11H2,1-4H3,(H,17,19). The lowest BCUT2D eigenvalue weighted by atomic mass is 10.1. The molecule has 1 rings (SSSR count). The van der Waals surface area contributed by atoms with E-state index in [2.05, 4.69) is 5.32 Å². The summed E-state index contributed by atoms with van der Waals surface area (Å²) in [6, 6.07) is 6.88. The minimum Gasteiger partial charge on any atom is -0.465 e. The largest absolute Gasteiger partial charge is 0.465 e. The van der Waals surface area contributed by atoms with Gasteiger partial charge in [0.25, 0.3) is 0 Å². The van der Waals surface area contributed by atoms with Gasteiger partial charge in [0.2, 0.25) is 5.91 Å². The number of rotatable bonds is 8. The number of amides is 1. The zero-order valence-corrected chi connectivity index (χ0v) is 13.6. The van der Waals surface area contributed by atoms with Gasteiger partial charge in [-0.15, -0.1) is 0 Å². The molecule has 0 aromatic heterocycles. The maximum absolute atomic E-state index is 12.1. The van der Waals surface area contributed by atoms with Crippen molar-refractivity contribution in [3.05, 3.63) is 35.4 Å². The van der Waals surface area contributed by atoms with E-state index < -0.39 is 0 Å². The van der Waals surface area contributed by atoms with E-state index in [0.717, 1.165) is 5.56 Å². The SMILES string of the molecule is COCC(C(=O)NCCc1cccc(C(=O)OC)c1)N(C)C. The average molecular weight is 308 g/mol. The number of hydrogen-bond donors (Lipinski definition) is 1. The lowest BCUT2D eigenvalue weighted by Crippen LogP contribution is -2.46. The van der Waals surface area contributed by atoms with Crippen LogP contribution in [0.5, 0.6) is 0 Å². The summed E-state index contributed by atoms with van der Waals surface area (Å²) >= 11 is 0. The number of carbonyl (C=O) groups is 2. The fourth-order valence-corrected chi connectivity index (χ4v) is 2.04. The number of esters is 1. The highest BCUT2D eigenvalue weighted by molar-refractivity contribution is 5.89. The van der Waals surface area contributed by atoms with Crippen molar-refractivity contribution in [2.75, 3.05) is 41.5 Å². The second kappa shape index (κ2) is 9.17. The van der Waals surface area contributed by atoms with Gasteiger partial charge in [0.05, 0.1) is 19.3 Å². The maximum Gasteiger partial charge on any atom is 0.337 e. The van der Waals surface area contributed by atoms with Gasteiger partial charge in [-0.25, -0.2) is 4.79 Å². The van der Waals surface area contributed by atoms with Crippen LogP contribution in [0.15, 0.2) is 24.3 Å². The Labute approximate surface area is 131 Å². The number of ether oxygens (including phenoxy) is 2. The van der Waals surface area contributed by atoms with Gasteiger partial charge in [-0.3, -0.25) is 9.69 Å². The van der Waals surface area contributed by atoms with E-state index in [9.17, 15) is 9.59 Å². The van der Waals surface area contributed by atoms with Crippen LogP contribution in [0.3, 0.4) is 0 Å². The van der Waals surface area contributed by atoms with E-state index in [4.69, 9.17) is 9.47 Å². The smallest absolute Gasteiger partial charge is 0.337 e. The van der Waals surface area contributed by atoms with Gasteiger partial charge in [0.15, 0.2) is 0 Å². The third kappa shape index (κ3) is 5.46. The zero-order valence-electron chi connectivity index (χ0n) is 13.6. The van der Waals surface area contributed by atoms with Crippen molar-refractivity contribution in [3.63, 3.8) is 0 Å². The highest BCUT2D eigenvalue weighted by Crippen LogP contribution is 2.07. The number of likely N-dealkylation sites (N-methyl/N-ethyl adjacent to an activating group) is 1. The molecule has 0 aliphatic heterocycles. The van der Waals surface area contributed by atoms with Crippen molar-refractivity contribution < 1.29 is 19.1 Å². The number of hydrogen-bond acceptors (Lipinski definition) is 5. The van der Waals surface area contributed by atoms with Gasteiger partial charge >= 0.3 is 5.97 Å². The zero-order chi connectivity index (χ0) is 16.5. The Morgan fingerprint density at radius 2 is 2.00 bits per heavy atom. The van der Waals surface area contributed by atoms with Crippen molar-refractivity contribution in [2.24, 2.45) is 0 Å². The molecule has 6 heteroatoms. The van der Waals surface area contributed by atoms with Crippen LogP contribution in [-0.2, 0) is 20.7 Å². The van der Waals surface area contributed by atoms with Gasteiger partial charge in [-0.1, -0.05) is 12.1 Å². The van der Waals surface area contributed by atoms with Gasteiger partial charge in [0.1, 0.15) is 6.04 Å². The predicted molar refractivity (Wildman–Crippen MR) is 83.8 cm³/mol. The topological polar surface area (TPSA) is 67.9 Å². The molecule has 0 aliphatic rings. The molecule has 1 amide bonds. The Kier molecular flexibility index (Phi) is 7.56. The molecule has 0 spiro atoms. The van der Waals surface area contributed by atoms with Crippen LogP contribution >= 0.6 is 0 Å². The van der Waals surface area contributed by atoms with Crippen LogP contribution in [0.2, 0.25) is 0 Å². The quantitative estimate of drug-likeness (QED) is 0.716. The number of benzene rings is 1. The van der Waals surface area contributed by atoms with Crippen LogP contribution in [0.25, 0.3) is 0 Å². The third-order valence-corrected chi connectivity index (χ3v) is 3.31. The van der Waals surface area contributed by atoms with Crippen LogP contribution < -0.4 is 5.32 Å². The number of nitrogens with one attached hydrogen (secondary N) is 1. The van der Waals surface area contributed by atoms with E-state index in [-0.39, 0.29) is 17.9 Å². The fourth-order valence-electron chi connectivity index (χ4n) is 2.04. The van der Waals surface area contributed by atoms with Crippen LogP contribution in [0.4, 0.5) is 0 Å². The Morgan fingerprint density at radius 1 is 1.27 bits per heavy atom. The first-order valence-electron chi connectivity index (χ1n) is 7.10. The summed E-state index contributed by atoms with van der Waals surface area (Å²) in [6.45, 7) is 0.841. The van der Waals surface area contributed by atoms with E-state index in [1.807, 2.05) is 25.1 Å². The number of nitrogens with zero attached hydrogens (tertiary/aromatic N) is 1. The molecule has 0 heterocycles. The first-order chi connectivity index (χ1) is 10.5. The third-order valence-electron chi connectivity index (χ3n) is 3.31. The molecule has 22 heavy (non-hydrogen) atoms. The van der Waals surface area contributed by atoms with E-state index in [1.165, 1.54) is 7.11 Å². The molecule has 1 aromatic carbocycles. The molecule has 1 unspecified atom stereocenters. The number of carbonyl (C=O) groups excluding carboxylic acids is 2. The maximum atomic E-state index is 12.1. The highest BCUT2D eigenvalue weighted by Gasteiger charge is 2.19. The van der Waals surface area contributed by atoms with Crippen LogP contribution in [-0.4, -0.2) is 64.3 Å². The Hall–Kier alpha value is -1.92. The molecule has 0 saturated heterocycles. The summed E-state index contributed by atoms with van der Waals surface area (Å²) < 4.78 is 9.74. The molecular formula is C16H24N2O4. The van der Waals surface area contributed by atoms with Gasteiger partial charge < -0.3 is 14.8 Å². The molecule has 0 fully saturated rings. The molecule has 1 N–H and O–H groups in total. The van der Waals surface area contributed by atoms with Crippen LogP contribution in [0.1, 0.15) is 15.9 Å². The molecule has 1 aromatic rings. The molecule has 0 aliphatic carbocycles. The van der Waals surface area contributed by atoms with Gasteiger partial charge in [-0.2, -0.15) is 0 Å². The molecule has 0 radical (unpaired) electrons. The van der Waals surface area contributed by atoms with E-state index in [1.54, 1.807) is 25.3 Å². The normalized spacial score (nSPS) is 12.0. The van der Waals surface area contributed by atoms with Crippen molar-refractivity contribution in [2.45, 2.75) is 12.5 Å². The Balaban J connectivity index is 2.53. The summed E-state index contributed by atoms with van der Waals surface area (Å²) in [6.07, 6.45) is 0.643. The molecule has 0 saturated carbocycles. The van der Waals surface area contributed by atoms with Crippen molar-refractivity contribution in [1.29, 1.82) is 0 Å². The lowest BCUT2D eigenvalue weighted by molar-refractivity contribution is -0.127. The van der Waals surface area contributed by atoms with E-state index in [0.29, 0.717) is 25.1 Å². The minimum absolute atomic E-state index is 0.0732. The summed E-state index contributed by atoms with van der Waals surface area (Å²) in [7, 11) is 6.60. The molecule has 6 nitrogen and oxygen atoms in total. The lowest BCUT2D eigenvalue weighted by Gasteiger charge is -2.22. The molecular weight excluding hydrogens is 284 g/mol. The summed E-state index contributed by atoms with van der Waals surface area (Å²) in [5, 5.41) is 2.88. The van der Waals surface area contributed by atoms with Crippen molar-refractivity contribution in [3.8, 4) is 0 Å². The molecule has 122 valence electrons. The summed E-state index contributed by atoms with van der Waals surface area (Å²) in [4.78, 5) is 25.4. The van der Waals surface area contributed by atoms with Gasteiger partial charge in [-0.05, 0) is 38.2 Å². The van der Waals surface area contributed by atoms with Crippen molar-refractivity contribution >= 4 is 11.9 Å². The summed E-state index contributed by atoms with van der Waals surface area (Å²) in [5.74, 6) is -0.436. The number of methoxy groups -OCH3 is 2. The second-order valence-electron chi connectivity index (χ2n) is 5.17. The predicted octanol–water partition coefficient (Wildman–Crippen LogP) is 0.708. The minimum atomic E-state index is -0.362. The first kappa shape index (κ1) is 18.1. The van der Waals surface area contributed by atoms with Crippen molar-refractivity contribution in [1.82, 2.24) is 10.2 Å². The van der Waals surface area contributed by atoms with Gasteiger partial charge in [0, 0.05) is 13.7 Å². The van der Waals surface area contributed by atoms with E-state index >= 15 is 0 Å². The first-order valence-corrected chi connectivity index (χ1v) is 7.10. The summed E-state index contributed by atoms with van der Waals surface area (Å²) in [5.41, 5.74) is 1.48. The Morgan fingerprint density at radius 3 is 2.59 bits per heavy atom. The molecule has 1 atom stereocenters. The fraction of sp³-hybridized carbons (Fsp3) is 0.500. The average Bonchev–Trinajstić information content (AvgIpc) is 2.51.